The predicted octanol–water partition coefficient (Wildman–Crippen LogP) is 3.06. The van der Waals surface area contributed by atoms with E-state index in [0.717, 1.165) is 16.4 Å². The molecule has 4 aromatic rings. The van der Waals surface area contributed by atoms with Gasteiger partial charge in [0.25, 0.3) is 0 Å². The lowest BCUT2D eigenvalue weighted by molar-refractivity contribution is 0.109. The van der Waals surface area contributed by atoms with Crippen molar-refractivity contribution in [2.45, 2.75) is 10.2 Å². The molecular weight excluding hydrogens is 288 g/mol. The minimum atomic E-state index is 0.275. The number of hydrogen-bond donors (Lipinski definition) is 1. The molecule has 0 unspecified atom stereocenters. The van der Waals surface area contributed by atoms with E-state index in [1.807, 2.05) is 24.3 Å². The number of nitrogens with one attached hydrogen (secondary N) is 1. The zero-order valence-electron chi connectivity index (χ0n) is 10.6. The molecule has 0 amide bonds. The van der Waals surface area contributed by atoms with Crippen LogP contribution >= 0.6 is 11.8 Å². The molecule has 1 N–H and O–H groups in total. The van der Waals surface area contributed by atoms with Gasteiger partial charge in [0.2, 0.25) is 5.16 Å². The summed E-state index contributed by atoms with van der Waals surface area (Å²) in [7, 11) is 0. The average molecular weight is 296 g/mol. The molecule has 6 nitrogen and oxygen atoms in total. The maximum Gasteiger partial charge on any atom is 0.218 e. The third-order valence-corrected chi connectivity index (χ3v) is 3.79. The first-order chi connectivity index (χ1) is 10.3. The smallest absolute Gasteiger partial charge is 0.218 e. The Morgan fingerprint density at radius 2 is 2.05 bits per heavy atom. The number of carbonyl (C=O) groups is 1. The summed E-state index contributed by atoms with van der Waals surface area (Å²) >= 11 is 1.22. The zero-order valence-corrected chi connectivity index (χ0v) is 11.4. The Hall–Kier alpha value is -2.67. The first kappa shape index (κ1) is 12.1. The van der Waals surface area contributed by atoms with Crippen LogP contribution in [0, 0.1) is 0 Å². The second-order valence-corrected chi connectivity index (χ2v) is 5.31. The summed E-state index contributed by atoms with van der Waals surface area (Å²) in [5.41, 5.74) is 2.39. The van der Waals surface area contributed by atoms with Crippen LogP contribution in [0.3, 0.4) is 0 Å². The summed E-state index contributed by atoms with van der Waals surface area (Å²) in [6.07, 6.45) is 0.657. The van der Waals surface area contributed by atoms with Gasteiger partial charge < -0.3 is 9.40 Å². The molecule has 3 heterocycles. The topological polar surface area (TPSA) is 84.7 Å². The van der Waals surface area contributed by atoms with E-state index in [2.05, 4.69) is 20.2 Å². The maximum absolute atomic E-state index is 10.6. The van der Waals surface area contributed by atoms with Crippen LogP contribution in [0.25, 0.3) is 22.1 Å². The number of aldehydes is 1. The fourth-order valence-corrected chi connectivity index (χ4v) is 2.76. The van der Waals surface area contributed by atoms with Crippen molar-refractivity contribution in [2.75, 3.05) is 0 Å². The van der Waals surface area contributed by atoms with Crippen LogP contribution in [-0.2, 0) is 0 Å². The normalized spacial score (nSPS) is 11.2. The van der Waals surface area contributed by atoms with Crippen LogP contribution in [0.4, 0.5) is 0 Å². The van der Waals surface area contributed by atoms with Crippen molar-refractivity contribution in [2.24, 2.45) is 0 Å². The number of benzene rings is 1. The van der Waals surface area contributed by atoms with Crippen molar-refractivity contribution >= 4 is 40.1 Å². The molecular formula is C14H8N4O2S. The Kier molecular flexibility index (Phi) is 2.71. The summed E-state index contributed by atoms with van der Waals surface area (Å²) in [5.74, 6) is 0.275. The maximum atomic E-state index is 10.6. The largest absolute Gasteiger partial charge is 0.447 e. The Bertz CT molecular complexity index is 960. The fourth-order valence-electron chi connectivity index (χ4n) is 2.09. The second kappa shape index (κ2) is 4.71. The number of hydrogen-bond acceptors (Lipinski definition) is 6. The Balaban J connectivity index is 1.76. The van der Waals surface area contributed by atoms with Gasteiger partial charge in [0.1, 0.15) is 5.52 Å². The van der Waals surface area contributed by atoms with Gasteiger partial charge in [0.05, 0.1) is 0 Å². The van der Waals surface area contributed by atoms with Gasteiger partial charge in [-0.15, -0.1) is 10.2 Å². The van der Waals surface area contributed by atoms with Crippen LogP contribution in [0.2, 0.25) is 0 Å². The second-order valence-electron chi connectivity index (χ2n) is 4.34. The molecule has 0 bridgehead atoms. The highest BCUT2D eigenvalue weighted by molar-refractivity contribution is 7.99. The van der Waals surface area contributed by atoms with Crippen LogP contribution in [0.5, 0.6) is 0 Å². The van der Waals surface area contributed by atoms with Crippen molar-refractivity contribution < 1.29 is 9.21 Å². The molecule has 0 saturated carbocycles. The van der Waals surface area contributed by atoms with Gasteiger partial charge in [0, 0.05) is 10.9 Å². The average Bonchev–Trinajstić information content (AvgIpc) is 3.10. The third-order valence-electron chi connectivity index (χ3n) is 3.01. The molecule has 0 aliphatic carbocycles. The van der Waals surface area contributed by atoms with Gasteiger partial charge in [-0.25, -0.2) is 4.98 Å². The number of fused-ring (bicyclic) bond motifs is 3. The summed E-state index contributed by atoms with van der Waals surface area (Å²) in [6, 6.07) is 11.1. The zero-order chi connectivity index (χ0) is 14.2. The summed E-state index contributed by atoms with van der Waals surface area (Å²) in [6.45, 7) is 0. The lowest BCUT2D eigenvalue weighted by atomic mass is 10.2. The SMILES string of the molecule is O=Cc1ccc(Sc2nnc3c(n2)[nH]c2ccccc23)o1. The first-order valence-corrected chi connectivity index (χ1v) is 6.99. The molecule has 4 rings (SSSR count). The number of carbonyl (C=O) groups excluding carboxylic acids is 1. The molecule has 0 radical (unpaired) electrons. The number of nitrogens with zero attached hydrogens (tertiary/aromatic N) is 3. The van der Waals surface area contributed by atoms with Crippen LogP contribution in [0.1, 0.15) is 10.6 Å². The molecule has 0 aliphatic heterocycles. The van der Waals surface area contributed by atoms with Gasteiger partial charge in [-0.3, -0.25) is 4.79 Å². The predicted molar refractivity (Wildman–Crippen MR) is 77.4 cm³/mol. The molecule has 0 atom stereocenters. The summed E-state index contributed by atoms with van der Waals surface area (Å²) in [4.78, 5) is 18.2. The highest BCUT2D eigenvalue weighted by Crippen LogP contribution is 2.28. The summed E-state index contributed by atoms with van der Waals surface area (Å²) in [5, 5.41) is 10.3. The Labute approximate surface area is 122 Å². The highest BCUT2D eigenvalue weighted by Gasteiger charge is 2.11. The lowest BCUT2D eigenvalue weighted by Gasteiger charge is -1.95. The van der Waals surface area contributed by atoms with E-state index < -0.39 is 0 Å². The van der Waals surface area contributed by atoms with Gasteiger partial charge in [-0.05, 0) is 30.0 Å². The van der Waals surface area contributed by atoms with E-state index in [0.29, 0.717) is 22.2 Å². The van der Waals surface area contributed by atoms with E-state index in [1.54, 1.807) is 12.1 Å². The molecule has 0 fully saturated rings. The number of rotatable bonds is 3. The van der Waals surface area contributed by atoms with Crippen molar-refractivity contribution in [3.05, 3.63) is 42.2 Å². The van der Waals surface area contributed by atoms with Gasteiger partial charge >= 0.3 is 0 Å². The number of aromatic nitrogens is 4. The quantitative estimate of drug-likeness (QED) is 0.585. The number of H-pyrrole nitrogens is 1. The molecule has 21 heavy (non-hydrogen) atoms. The molecule has 0 aliphatic rings. The van der Waals surface area contributed by atoms with Gasteiger partial charge in [-0.2, -0.15) is 0 Å². The van der Waals surface area contributed by atoms with Crippen LogP contribution in [-0.4, -0.2) is 26.5 Å². The van der Waals surface area contributed by atoms with Crippen molar-refractivity contribution in [1.82, 2.24) is 20.2 Å². The fraction of sp³-hybridized carbons (Fsp3) is 0. The molecule has 3 aromatic heterocycles. The minimum Gasteiger partial charge on any atom is -0.447 e. The Morgan fingerprint density at radius 1 is 1.14 bits per heavy atom. The molecule has 0 spiro atoms. The van der Waals surface area contributed by atoms with E-state index in [9.17, 15) is 4.79 Å². The lowest BCUT2D eigenvalue weighted by Crippen LogP contribution is -1.90. The Morgan fingerprint density at radius 3 is 2.90 bits per heavy atom. The molecule has 7 heteroatoms. The number of aromatic amines is 1. The van der Waals surface area contributed by atoms with Crippen molar-refractivity contribution in [3.63, 3.8) is 0 Å². The standard InChI is InChI=1S/C14H8N4O2S/c19-7-8-5-6-11(20-8)21-14-16-13-12(17-18-14)9-3-1-2-4-10(9)15-13/h1-7H,(H,15,16,18). The van der Waals surface area contributed by atoms with Gasteiger partial charge in [-0.1, -0.05) is 18.2 Å². The highest BCUT2D eigenvalue weighted by atomic mass is 32.2. The van der Waals surface area contributed by atoms with Crippen molar-refractivity contribution in [3.8, 4) is 0 Å². The minimum absolute atomic E-state index is 0.275. The van der Waals surface area contributed by atoms with E-state index in [-0.39, 0.29) is 5.76 Å². The third kappa shape index (κ3) is 2.07. The number of para-hydroxylation sites is 1. The monoisotopic (exact) mass is 296 g/mol. The van der Waals surface area contributed by atoms with Crippen LogP contribution in [0.15, 0.2) is 51.1 Å². The first-order valence-electron chi connectivity index (χ1n) is 6.17. The van der Waals surface area contributed by atoms with E-state index in [1.165, 1.54) is 11.8 Å². The van der Waals surface area contributed by atoms with Crippen molar-refractivity contribution in [1.29, 1.82) is 0 Å². The molecule has 0 saturated heterocycles. The number of furan rings is 1. The van der Waals surface area contributed by atoms with Crippen LogP contribution < -0.4 is 0 Å². The van der Waals surface area contributed by atoms with E-state index >= 15 is 0 Å². The molecule has 1 aromatic carbocycles. The molecule has 102 valence electrons. The van der Waals surface area contributed by atoms with Gasteiger partial charge in [0.15, 0.2) is 22.8 Å². The summed E-state index contributed by atoms with van der Waals surface area (Å²) < 4.78 is 5.28. The van der Waals surface area contributed by atoms with E-state index in [4.69, 9.17) is 4.42 Å².